The van der Waals surface area contributed by atoms with Crippen LogP contribution in [0.15, 0.2) is 0 Å². The minimum atomic E-state index is -0.398. The lowest BCUT2D eigenvalue weighted by atomic mass is 9.54. The Balaban J connectivity index is 2.67. The normalized spacial score (nSPS) is 29.4. The van der Waals surface area contributed by atoms with Gasteiger partial charge in [-0.1, -0.05) is 34.6 Å². The molecule has 0 atom stereocenters. The molecule has 0 radical (unpaired) electrons. The number of aliphatic hydroxyl groups is 1. The number of hydrogen-bond donors (Lipinski definition) is 2. The highest BCUT2D eigenvalue weighted by Gasteiger charge is 2.46. The van der Waals surface area contributed by atoms with Gasteiger partial charge in [-0.25, -0.2) is 0 Å². The van der Waals surface area contributed by atoms with Crippen molar-refractivity contribution in [2.45, 2.75) is 66.3 Å². The van der Waals surface area contributed by atoms with Gasteiger partial charge in [-0.2, -0.15) is 0 Å². The number of aliphatic hydroxyl groups excluding tert-OH is 1. The van der Waals surface area contributed by atoms with Gasteiger partial charge in [-0.15, -0.1) is 0 Å². The van der Waals surface area contributed by atoms with Gasteiger partial charge in [0.15, 0.2) is 0 Å². The van der Waals surface area contributed by atoms with Gasteiger partial charge in [-0.3, -0.25) is 4.79 Å². The molecule has 0 aromatic carbocycles. The molecule has 1 aliphatic rings. The number of hydrogen-bond acceptors (Lipinski definition) is 2. The van der Waals surface area contributed by atoms with Crippen LogP contribution in [-0.4, -0.2) is 23.7 Å². The Hall–Kier alpha value is -0.570. The van der Waals surface area contributed by atoms with Crippen molar-refractivity contribution in [2.24, 2.45) is 16.7 Å². The van der Waals surface area contributed by atoms with E-state index >= 15 is 0 Å². The molecule has 1 saturated carbocycles. The van der Waals surface area contributed by atoms with Crippen LogP contribution in [0.25, 0.3) is 0 Å². The standard InChI is InChI=1S/C15H29NO2/c1-11(2)15(14(3,4)5)8-6-12(7-9-15)16-13(18)10-17/h11-12,17H,6-10H2,1-5H3,(H,16,18). The van der Waals surface area contributed by atoms with Crippen LogP contribution in [0.1, 0.15) is 60.3 Å². The quantitative estimate of drug-likeness (QED) is 0.814. The van der Waals surface area contributed by atoms with Gasteiger partial charge in [0.25, 0.3) is 0 Å². The number of carbonyl (C=O) groups is 1. The maximum Gasteiger partial charge on any atom is 0.245 e. The molecule has 106 valence electrons. The number of amides is 1. The molecule has 0 aromatic heterocycles. The summed E-state index contributed by atoms with van der Waals surface area (Å²) < 4.78 is 0. The summed E-state index contributed by atoms with van der Waals surface area (Å²) in [5, 5.41) is 11.7. The van der Waals surface area contributed by atoms with Crippen molar-refractivity contribution in [3.05, 3.63) is 0 Å². The van der Waals surface area contributed by atoms with E-state index in [1.807, 2.05) is 0 Å². The topological polar surface area (TPSA) is 49.3 Å². The Labute approximate surface area is 111 Å². The summed E-state index contributed by atoms with van der Waals surface area (Å²) in [7, 11) is 0. The molecule has 3 heteroatoms. The Morgan fingerprint density at radius 2 is 1.83 bits per heavy atom. The van der Waals surface area contributed by atoms with Crippen molar-refractivity contribution >= 4 is 5.91 Å². The first-order valence-corrected chi connectivity index (χ1v) is 7.13. The summed E-state index contributed by atoms with van der Waals surface area (Å²) in [6.45, 7) is 11.2. The summed E-state index contributed by atoms with van der Waals surface area (Å²) >= 11 is 0. The van der Waals surface area contributed by atoms with E-state index in [2.05, 4.69) is 39.9 Å². The van der Waals surface area contributed by atoms with Crippen LogP contribution < -0.4 is 5.32 Å². The second-order valence-corrected chi connectivity index (χ2v) is 7.06. The van der Waals surface area contributed by atoms with Gasteiger partial charge in [0.1, 0.15) is 6.61 Å². The molecule has 0 spiro atoms. The van der Waals surface area contributed by atoms with E-state index in [1.165, 1.54) is 0 Å². The SMILES string of the molecule is CC(C)C1(C(C)(C)C)CCC(NC(=O)CO)CC1. The average Bonchev–Trinajstić information content (AvgIpc) is 2.28. The first-order valence-electron chi connectivity index (χ1n) is 7.13. The summed E-state index contributed by atoms with van der Waals surface area (Å²) in [4.78, 5) is 11.2. The molecule has 1 amide bonds. The molecule has 1 fully saturated rings. The lowest BCUT2D eigenvalue weighted by molar-refractivity contribution is -0.125. The second-order valence-electron chi connectivity index (χ2n) is 7.06. The first kappa shape index (κ1) is 15.5. The van der Waals surface area contributed by atoms with Crippen LogP contribution >= 0.6 is 0 Å². The van der Waals surface area contributed by atoms with E-state index in [4.69, 9.17) is 5.11 Å². The molecule has 0 aromatic rings. The van der Waals surface area contributed by atoms with Gasteiger partial charge >= 0.3 is 0 Å². The lowest BCUT2D eigenvalue weighted by Gasteiger charge is -2.52. The molecule has 0 aliphatic heterocycles. The van der Waals surface area contributed by atoms with E-state index < -0.39 is 6.61 Å². The fraction of sp³-hybridized carbons (Fsp3) is 0.933. The summed E-state index contributed by atoms with van der Waals surface area (Å²) in [6, 6.07) is 0.249. The second kappa shape index (κ2) is 5.60. The maximum absolute atomic E-state index is 11.2. The number of carbonyl (C=O) groups excluding carboxylic acids is 1. The minimum absolute atomic E-state index is 0.243. The molecular formula is C15H29NO2. The third-order valence-corrected chi connectivity index (χ3v) is 4.99. The van der Waals surface area contributed by atoms with Crippen molar-refractivity contribution in [1.82, 2.24) is 5.32 Å². The zero-order valence-corrected chi connectivity index (χ0v) is 12.5. The van der Waals surface area contributed by atoms with Gasteiger partial charge in [0, 0.05) is 6.04 Å². The first-order chi connectivity index (χ1) is 8.23. The summed E-state index contributed by atoms with van der Waals surface area (Å²) in [5.74, 6) is 0.416. The predicted molar refractivity (Wildman–Crippen MR) is 74.2 cm³/mol. The molecule has 3 nitrogen and oxygen atoms in total. The van der Waals surface area contributed by atoms with Gasteiger partial charge < -0.3 is 10.4 Å². The van der Waals surface area contributed by atoms with Crippen molar-refractivity contribution in [1.29, 1.82) is 0 Å². The molecule has 1 aliphatic carbocycles. The number of nitrogens with one attached hydrogen (secondary N) is 1. The average molecular weight is 255 g/mol. The molecular weight excluding hydrogens is 226 g/mol. The number of rotatable bonds is 3. The molecule has 0 unspecified atom stereocenters. The predicted octanol–water partition coefficient (Wildman–Crippen LogP) is 2.73. The van der Waals surface area contributed by atoms with Crippen molar-refractivity contribution in [2.75, 3.05) is 6.61 Å². The van der Waals surface area contributed by atoms with Crippen LogP contribution in [0.5, 0.6) is 0 Å². The Morgan fingerprint density at radius 3 is 2.17 bits per heavy atom. The monoisotopic (exact) mass is 255 g/mol. The van der Waals surface area contributed by atoms with E-state index in [-0.39, 0.29) is 11.9 Å². The smallest absolute Gasteiger partial charge is 0.245 e. The molecule has 2 N–H and O–H groups in total. The fourth-order valence-electron chi connectivity index (χ4n) is 3.74. The zero-order valence-electron chi connectivity index (χ0n) is 12.5. The maximum atomic E-state index is 11.2. The highest BCUT2D eigenvalue weighted by Crippen LogP contribution is 2.54. The van der Waals surface area contributed by atoms with Crippen LogP contribution in [0, 0.1) is 16.7 Å². The van der Waals surface area contributed by atoms with E-state index in [9.17, 15) is 4.79 Å². The fourth-order valence-corrected chi connectivity index (χ4v) is 3.74. The van der Waals surface area contributed by atoms with Crippen LogP contribution in [0.4, 0.5) is 0 Å². The molecule has 1 rings (SSSR count). The lowest BCUT2D eigenvalue weighted by Crippen LogP contribution is -2.48. The highest BCUT2D eigenvalue weighted by atomic mass is 16.3. The minimum Gasteiger partial charge on any atom is -0.387 e. The molecule has 0 heterocycles. The summed E-state index contributed by atoms with van der Waals surface area (Å²) in [6.07, 6.45) is 4.37. The van der Waals surface area contributed by atoms with E-state index in [0.717, 1.165) is 25.7 Å². The largest absolute Gasteiger partial charge is 0.387 e. The Kier molecular flexibility index (Phi) is 4.82. The highest BCUT2D eigenvalue weighted by molar-refractivity contribution is 5.77. The van der Waals surface area contributed by atoms with Crippen LogP contribution in [-0.2, 0) is 4.79 Å². The molecule has 0 bridgehead atoms. The van der Waals surface area contributed by atoms with Crippen molar-refractivity contribution in [3.63, 3.8) is 0 Å². The third kappa shape index (κ3) is 3.05. The van der Waals surface area contributed by atoms with Gasteiger partial charge in [-0.05, 0) is 42.4 Å². The van der Waals surface area contributed by atoms with Gasteiger partial charge in [0.05, 0.1) is 0 Å². The van der Waals surface area contributed by atoms with E-state index in [0.29, 0.717) is 16.7 Å². The van der Waals surface area contributed by atoms with Crippen molar-refractivity contribution < 1.29 is 9.90 Å². The summed E-state index contributed by atoms with van der Waals surface area (Å²) in [5.41, 5.74) is 0.667. The zero-order chi connectivity index (χ0) is 14.0. The molecule has 0 saturated heterocycles. The third-order valence-electron chi connectivity index (χ3n) is 4.99. The van der Waals surface area contributed by atoms with Crippen LogP contribution in [0.2, 0.25) is 0 Å². The van der Waals surface area contributed by atoms with Crippen molar-refractivity contribution in [3.8, 4) is 0 Å². The van der Waals surface area contributed by atoms with Crippen LogP contribution in [0.3, 0.4) is 0 Å². The Morgan fingerprint density at radius 1 is 1.33 bits per heavy atom. The molecule has 18 heavy (non-hydrogen) atoms. The van der Waals surface area contributed by atoms with Gasteiger partial charge in [0.2, 0.25) is 5.91 Å². The Bertz CT molecular complexity index is 283. The van der Waals surface area contributed by atoms with E-state index in [1.54, 1.807) is 0 Å².